The van der Waals surface area contributed by atoms with Gasteiger partial charge in [-0.05, 0) is 79.3 Å². The van der Waals surface area contributed by atoms with Crippen LogP contribution in [0.4, 0.5) is 13.2 Å². The molecule has 3 unspecified atom stereocenters. The quantitative estimate of drug-likeness (QED) is 0.201. The second-order valence-corrected chi connectivity index (χ2v) is 11.6. The molecule has 1 aromatic heterocycles. The summed E-state index contributed by atoms with van der Waals surface area (Å²) in [5, 5.41) is 9.51. The van der Waals surface area contributed by atoms with Crippen molar-refractivity contribution >= 4 is 5.97 Å². The lowest BCUT2D eigenvalue weighted by atomic mass is 9.82. The Morgan fingerprint density at radius 3 is 2.26 bits per heavy atom. The number of aromatic nitrogens is 1. The molecule has 1 N–H and O–H groups in total. The monoisotopic (exact) mass is 603 g/mol. The van der Waals surface area contributed by atoms with Crippen LogP contribution in [0.5, 0.6) is 0 Å². The van der Waals surface area contributed by atoms with Gasteiger partial charge in [-0.15, -0.1) is 0 Å². The minimum atomic E-state index is -4.43. The number of oxazole rings is 1. The lowest BCUT2D eigenvalue weighted by molar-refractivity contribution is -0.156. The van der Waals surface area contributed by atoms with E-state index < -0.39 is 23.8 Å². The summed E-state index contributed by atoms with van der Waals surface area (Å²) in [6.45, 7) is 7.31. The molecule has 234 valence electrons. The van der Waals surface area contributed by atoms with Crippen molar-refractivity contribution in [3.63, 3.8) is 0 Å². The van der Waals surface area contributed by atoms with E-state index in [-0.39, 0.29) is 19.1 Å². The van der Waals surface area contributed by atoms with Crippen molar-refractivity contribution in [2.45, 2.75) is 77.9 Å². The van der Waals surface area contributed by atoms with Gasteiger partial charge in [-0.25, -0.2) is 9.78 Å². The average molecular weight is 604 g/mol. The van der Waals surface area contributed by atoms with Crippen LogP contribution in [-0.4, -0.2) is 42.0 Å². The van der Waals surface area contributed by atoms with E-state index in [0.29, 0.717) is 43.1 Å². The number of alkyl halides is 3. The van der Waals surface area contributed by atoms with Crippen LogP contribution in [0.25, 0.3) is 11.5 Å². The summed E-state index contributed by atoms with van der Waals surface area (Å²) in [4.78, 5) is 16.3. The van der Waals surface area contributed by atoms with Crippen molar-refractivity contribution in [1.82, 2.24) is 4.98 Å². The number of aryl methyl sites for hydroxylation is 1. The maximum absolute atomic E-state index is 12.7. The molecular formula is C33H40F3NO6. The number of nitrogens with zero attached hydrogens (tertiary/aromatic N) is 1. The highest BCUT2D eigenvalue weighted by Crippen LogP contribution is 2.31. The minimum absolute atomic E-state index is 0.127. The van der Waals surface area contributed by atoms with Gasteiger partial charge in [-0.1, -0.05) is 44.5 Å². The summed E-state index contributed by atoms with van der Waals surface area (Å²) in [5.41, 5.74) is 2.67. The number of carbonyl (C=O) groups is 1. The zero-order chi connectivity index (χ0) is 31.0. The number of halogens is 3. The number of benzene rings is 2. The molecule has 0 radical (unpaired) electrons. The second kappa shape index (κ2) is 15.0. The SMILES string of the molecule is Cc1oc(-c2ccc(C(C)C)cc2)nc1COCC1CCCC(COCC(OCc2ccc(C(F)(F)F)cc2)C(=O)O)C1. The van der Waals surface area contributed by atoms with Gasteiger partial charge in [-0.3, -0.25) is 0 Å². The Hall–Kier alpha value is -3.21. The van der Waals surface area contributed by atoms with Crippen LogP contribution in [0.2, 0.25) is 0 Å². The van der Waals surface area contributed by atoms with E-state index in [9.17, 15) is 23.1 Å². The van der Waals surface area contributed by atoms with Gasteiger partial charge in [0, 0.05) is 18.8 Å². The Morgan fingerprint density at radius 1 is 1.00 bits per heavy atom. The van der Waals surface area contributed by atoms with E-state index >= 15 is 0 Å². The number of hydrogen-bond donors (Lipinski definition) is 1. The molecule has 0 bridgehead atoms. The van der Waals surface area contributed by atoms with Crippen molar-refractivity contribution in [3.05, 3.63) is 76.7 Å². The van der Waals surface area contributed by atoms with E-state index in [1.54, 1.807) is 0 Å². The fourth-order valence-corrected chi connectivity index (χ4v) is 5.24. The van der Waals surface area contributed by atoms with E-state index in [4.69, 9.17) is 18.6 Å². The first-order chi connectivity index (χ1) is 20.5. The first-order valence-electron chi connectivity index (χ1n) is 14.7. The van der Waals surface area contributed by atoms with E-state index in [1.807, 2.05) is 19.1 Å². The molecular weight excluding hydrogens is 563 g/mol. The van der Waals surface area contributed by atoms with Crippen LogP contribution in [0.3, 0.4) is 0 Å². The van der Waals surface area contributed by atoms with Crippen molar-refractivity contribution in [1.29, 1.82) is 0 Å². The van der Waals surface area contributed by atoms with Crippen LogP contribution in [0.1, 0.15) is 73.6 Å². The van der Waals surface area contributed by atoms with Gasteiger partial charge in [0.25, 0.3) is 0 Å². The number of aliphatic carboxylic acids is 1. The molecule has 43 heavy (non-hydrogen) atoms. The topological polar surface area (TPSA) is 91.0 Å². The van der Waals surface area contributed by atoms with Gasteiger partial charge in [0.05, 0.1) is 25.4 Å². The van der Waals surface area contributed by atoms with Gasteiger partial charge >= 0.3 is 12.1 Å². The molecule has 7 nitrogen and oxygen atoms in total. The van der Waals surface area contributed by atoms with Crippen molar-refractivity contribution in [2.24, 2.45) is 11.8 Å². The second-order valence-electron chi connectivity index (χ2n) is 11.6. The van der Waals surface area contributed by atoms with Crippen LogP contribution in [0.15, 0.2) is 52.9 Å². The van der Waals surface area contributed by atoms with Crippen molar-refractivity contribution in [2.75, 3.05) is 19.8 Å². The Morgan fingerprint density at radius 2 is 1.65 bits per heavy atom. The summed E-state index contributed by atoms with van der Waals surface area (Å²) in [6, 6.07) is 12.7. The minimum Gasteiger partial charge on any atom is -0.479 e. The highest BCUT2D eigenvalue weighted by atomic mass is 19.4. The molecule has 1 aliphatic carbocycles. The third kappa shape index (κ3) is 9.64. The average Bonchev–Trinajstić information content (AvgIpc) is 3.34. The van der Waals surface area contributed by atoms with Crippen LogP contribution < -0.4 is 0 Å². The Kier molecular flexibility index (Phi) is 11.4. The normalized spacial score (nSPS) is 18.2. The number of ether oxygens (including phenoxy) is 3. The third-order valence-corrected chi connectivity index (χ3v) is 7.83. The summed E-state index contributed by atoms with van der Waals surface area (Å²) in [5.74, 6) is 1.25. The molecule has 3 atom stereocenters. The Bertz CT molecular complexity index is 1300. The zero-order valence-electron chi connectivity index (χ0n) is 24.9. The molecule has 1 fully saturated rings. The number of carboxylic acids is 1. The largest absolute Gasteiger partial charge is 0.479 e. The first kappa shape index (κ1) is 32.7. The highest BCUT2D eigenvalue weighted by molar-refractivity contribution is 5.72. The molecule has 0 aliphatic heterocycles. The number of rotatable bonds is 14. The molecule has 1 heterocycles. The van der Waals surface area contributed by atoms with Crippen molar-refractivity contribution in [3.8, 4) is 11.5 Å². The third-order valence-electron chi connectivity index (χ3n) is 7.83. The molecule has 1 saturated carbocycles. The van der Waals surface area contributed by atoms with Gasteiger partial charge in [0.1, 0.15) is 11.5 Å². The van der Waals surface area contributed by atoms with Crippen LogP contribution >= 0.6 is 0 Å². The van der Waals surface area contributed by atoms with Gasteiger partial charge in [0.2, 0.25) is 5.89 Å². The summed E-state index contributed by atoms with van der Waals surface area (Å²) >= 11 is 0. The molecule has 10 heteroatoms. The van der Waals surface area contributed by atoms with Gasteiger partial charge in [0.15, 0.2) is 6.10 Å². The van der Waals surface area contributed by atoms with Crippen LogP contribution in [-0.2, 0) is 38.4 Å². The lowest BCUT2D eigenvalue weighted by Crippen LogP contribution is -2.31. The lowest BCUT2D eigenvalue weighted by Gasteiger charge is -2.29. The summed E-state index contributed by atoms with van der Waals surface area (Å²) in [6.07, 6.45) is -1.66. The maximum Gasteiger partial charge on any atom is 0.416 e. The standard InChI is InChI=1S/C33H40F3NO6/c1-21(2)26-9-11-27(12-10-26)31-37-29(22(3)43-31)19-40-16-24-5-4-6-25(15-24)17-41-20-30(32(38)39)42-18-23-7-13-28(14-8-23)33(34,35)36/h7-14,21,24-25,30H,4-6,15-20H2,1-3H3,(H,38,39). The molecule has 4 rings (SSSR count). The predicted octanol–water partition coefficient (Wildman–Crippen LogP) is 7.80. The van der Waals surface area contributed by atoms with Crippen LogP contribution in [0, 0.1) is 18.8 Å². The molecule has 0 saturated heterocycles. The van der Waals surface area contributed by atoms with E-state index in [2.05, 4.69) is 31.0 Å². The Labute approximate surface area is 250 Å². The van der Waals surface area contributed by atoms with Crippen molar-refractivity contribution < 1.29 is 41.7 Å². The fourth-order valence-electron chi connectivity index (χ4n) is 5.24. The molecule has 0 spiro atoms. The van der Waals surface area contributed by atoms with Gasteiger partial charge in [-0.2, -0.15) is 13.2 Å². The Balaban J connectivity index is 1.18. The zero-order valence-corrected chi connectivity index (χ0v) is 24.9. The molecule has 0 amide bonds. The maximum atomic E-state index is 12.7. The summed E-state index contributed by atoms with van der Waals surface area (Å²) < 4.78 is 61.3. The number of carboxylic acid groups (broad SMARTS) is 1. The molecule has 3 aromatic rings. The first-order valence-corrected chi connectivity index (χ1v) is 14.7. The molecule has 1 aliphatic rings. The van der Waals surface area contributed by atoms with E-state index in [0.717, 1.165) is 54.8 Å². The van der Waals surface area contributed by atoms with Gasteiger partial charge < -0.3 is 23.7 Å². The predicted molar refractivity (Wildman–Crippen MR) is 154 cm³/mol. The number of hydrogen-bond acceptors (Lipinski definition) is 6. The molecule has 2 aromatic carbocycles. The van der Waals surface area contributed by atoms with E-state index in [1.165, 1.54) is 17.7 Å². The fraction of sp³-hybridized carbons (Fsp3) is 0.515. The smallest absolute Gasteiger partial charge is 0.416 e. The summed E-state index contributed by atoms with van der Waals surface area (Å²) in [7, 11) is 0. The highest BCUT2D eigenvalue weighted by Gasteiger charge is 2.30.